The highest BCUT2D eigenvalue weighted by Crippen LogP contribution is 2.01. The topological polar surface area (TPSA) is 43.1 Å². The van der Waals surface area contributed by atoms with Crippen molar-refractivity contribution in [3.05, 3.63) is 35.9 Å². The number of nitrogens with two attached hydrogens (primary N) is 1. The summed E-state index contributed by atoms with van der Waals surface area (Å²) in [6.07, 6.45) is 0.635. The molecule has 0 aliphatic heterocycles. The van der Waals surface area contributed by atoms with Gasteiger partial charge in [-0.3, -0.25) is 4.79 Å². The highest BCUT2D eigenvalue weighted by atomic mass is 16.1. The van der Waals surface area contributed by atoms with Crippen molar-refractivity contribution in [2.24, 2.45) is 5.73 Å². The van der Waals surface area contributed by atoms with Crippen LogP contribution < -0.4 is 5.73 Å². The van der Waals surface area contributed by atoms with Crippen molar-refractivity contribution in [3.63, 3.8) is 0 Å². The number of hydrogen-bond donors (Lipinski definition) is 1. The summed E-state index contributed by atoms with van der Waals surface area (Å²) in [5.41, 5.74) is 6.71. The molecule has 14 heavy (non-hydrogen) atoms. The van der Waals surface area contributed by atoms with Gasteiger partial charge < -0.3 is 5.73 Å². The normalized spacial score (nSPS) is 11.1. The fraction of sp³-hybridized carbons (Fsp3) is 0.417. The maximum absolute atomic E-state index is 10.8. The third kappa shape index (κ3) is 4.77. The summed E-state index contributed by atoms with van der Waals surface area (Å²) in [5.74, 6) is 0.0406. The van der Waals surface area contributed by atoms with Gasteiger partial charge in [-0.2, -0.15) is 0 Å². The quantitative estimate of drug-likeness (QED) is 0.799. The predicted octanol–water partition coefficient (Wildman–Crippen LogP) is 2.17. The number of carbonyl (C=O) groups excluding carboxylic acids is 1. The van der Waals surface area contributed by atoms with Gasteiger partial charge in [-0.25, -0.2) is 0 Å². The number of benzene rings is 1. The van der Waals surface area contributed by atoms with E-state index in [-0.39, 0.29) is 11.8 Å². The Morgan fingerprint density at radius 1 is 1.29 bits per heavy atom. The molecular weight excluding hydrogens is 174 g/mol. The van der Waals surface area contributed by atoms with E-state index in [1.165, 1.54) is 6.92 Å². The summed E-state index contributed by atoms with van der Waals surface area (Å²) in [6.45, 7) is 5.52. The largest absolute Gasteiger partial charge is 0.321 e. The van der Waals surface area contributed by atoms with E-state index in [9.17, 15) is 4.79 Å². The molecule has 0 aliphatic carbocycles. The van der Waals surface area contributed by atoms with E-state index in [1.807, 2.05) is 44.2 Å². The summed E-state index contributed by atoms with van der Waals surface area (Å²) in [7, 11) is 0. The molecule has 0 amide bonds. The second kappa shape index (κ2) is 7.27. The van der Waals surface area contributed by atoms with Crippen LogP contribution in [0.3, 0.4) is 0 Å². The van der Waals surface area contributed by atoms with Crippen molar-refractivity contribution in [2.75, 3.05) is 0 Å². The standard InChI is InChI=1S/C10H13NO.C2H6/c1-8(12)10(11)7-9-5-3-2-4-6-9;1-2/h2-6,10H,7,11H2,1H3;1-2H3/t10-;/m1./s1. The van der Waals surface area contributed by atoms with E-state index < -0.39 is 0 Å². The minimum Gasteiger partial charge on any atom is -0.321 e. The Bertz CT molecular complexity index is 256. The number of ketones is 1. The molecule has 0 bridgehead atoms. The summed E-state index contributed by atoms with van der Waals surface area (Å²) >= 11 is 0. The van der Waals surface area contributed by atoms with Crippen LogP contribution in [0, 0.1) is 0 Å². The van der Waals surface area contributed by atoms with E-state index in [0.717, 1.165) is 5.56 Å². The van der Waals surface area contributed by atoms with Crippen LogP contribution in [0.25, 0.3) is 0 Å². The van der Waals surface area contributed by atoms with E-state index in [4.69, 9.17) is 5.73 Å². The minimum atomic E-state index is -0.354. The molecule has 0 spiro atoms. The monoisotopic (exact) mass is 193 g/mol. The van der Waals surface area contributed by atoms with Crippen molar-refractivity contribution in [3.8, 4) is 0 Å². The van der Waals surface area contributed by atoms with E-state index >= 15 is 0 Å². The third-order valence-electron chi connectivity index (χ3n) is 1.82. The van der Waals surface area contributed by atoms with Gasteiger partial charge in [-0.1, -0.05) is 44.2 Å². The molecule has 1 aromatic carbocycles. The van der Waals surface area contributed by atoms with Crippen molar-refractivity contribution in [2.45, 2.75) is 33.2 Å². The Morgan fingerprint density at radius 3 is 2.21 bits per heavy atom. The molecule has 2 heteroatoms. The smallest absolute Gasteiger partial charge is 0.146 e. The van der Waals surface area contributed by atoms with Gasteiger partial charge in [0.15, 0.2) is 0 Å². The van der Waals surface area contributed by atoms with Crippen LogP contribution in [0.4, 0.5) is 0 Å². The molecule has 0 radical (unpaired) electrons. The minimum absolute atomic E-state index is 0.0406. The maximum Gasteiger partial charge on any atom is 0.146 e. The number of hydrogen-bond acceptors (Lipinski definition) is 2. The van der Waals surface area contributed by atoms with Crippen LogP contribution in [0.2, 0.25) is 0 Å². The Balaban J connectivity index is 0.000000791. The lowest BCUT2D eigenvalue weighted by Gasteiger charge is -2.06. The lowest BCUT2D eigenvalue weighted by molar-refractivity contribution is -0.118. The maximum atomic E-state index is 10.8. The molecular formula is C12H19NO. The SMILES string of the molecule is CC.CC(=O)[C@H](N)Cc1ccccc1. The first-order valence-corrected chi connectivity index (χ1v) is 5.00. The lowest BCUT2D eigenvalue weighted by Crippen LogP contribution is -2.30. The van der Waals surface area contributed by atoms with Crippen LogP contribution >= 0.6 is 0 Å². The molecule has 0 unspecified atom stereocenters. The molecule has 1 atom stereocenters. The summed E-state index contributed by atoms with van der Waals surface area (Å²) in [4.78, 5) is 10.8. The van der Waals surface area contributed by atoms with Crippen LogP contribution in [0.5, 0.6) is 0 Å². The molecule has 1 rings (SSSR count). The van der Waals surface area contributed by atoms with Gasteiger partial charge in [0.05, 0.1) is 6.04 Å². The van der Waals surface area contributed by atoms with Crippen LogP contribution in [0.1, 0.15) is 26.3 Å². The van der Waals surface area contributed by atoms with Crippen molar-refractivity contribution in [1.29, 1.82) is 0 Å². The van der Waals surface area contributed by atoms with Crippen LogP contribution in [0.15, 0.2) is 30.3 Å². The van der Waals surface area contributed by atoms with Gasteiger partial charge in [0.1, 0.15) is 5.78 Å². The molecule has 0 fully saturated rings. The molecule has 0 saturated heterocycles. The highest BCUT2D eigenvalue weighted by Gasteiger charge is 2.07. The van der Waals surface area contributed by atoms with Gasteiger partial charge >= 0.3 is 0 Å². The zero-order valence-electron chi connectivity index (χ0n) is 9.16. The lowest BCUT2D eigenvalue weighted by atomic mass is 10.0. The van der Waals surface area contributed by atoms with Crippen molar-refractivity contribution in [1.82, 2.24) is 0 Å². The molecule has 1 aromatic rings. The molecule has 78 valence electrons. The fourth-order valence-corrected chi connectivity index (χ4v) is 1.01. The Kier molecular flexibility index (Phi) is 6.68. The van der Waals surface area contributed by atoms with Crippen LogP contribution in [-0.2, 0) is 11.2 Å². The zero-order chi connectivity index (χ0) is 11.0. The molecule has 0 saturated carbocycles. The molecule has 0 aliphatic rings. The summed E-state index contributed by atoms with van der Waals surface area (Å²) < 4.78 is 0. The average Bonchev–Trinajstić information content (AvgIpc) is 2.22. The first kappa shape index (κ1) is 12.8. The second-order valence-electron chi connectivity index (χ2n) is 2.91. The first-order chi connectivity index (χ1) is 6.70. The Morgan fingerprint density at radius 2 is 1.79 bits per heavy atom. The fourth-order valence-electron chi connectivity index (χ4n) is 1.01. The average molecular weight is 193 g/mol. The van der Waals surface area contributed by atoms with E-state index in [1.54, 1.807) is 0 Å². The number of Topliss-reactive ketones (excluding diaryl/α,β-unsaturated/α-hetero) is 1. The Labute approximate surface area is 86.1 Å². The molecule has 0 aromatic heterocycles. The third-order valence-corrected chi connectivity index (χ3v) is 1.82. The van der Waals surface area contributed by atoms with Crippen molar-refractivity contribution >= 4 is 5.78 Å². The van der Waals surface area contributed by atoms with Gasteiger partial charge in [0.2, 0.25) is 0 Å². The van der Waals surface area contributed by atoms with E-state index in [2.05, 4.69) is 0 Å². The zero-order valence-corrected chi connectivity index (χ0v) is 9.16. The van der Waals surface area contributed by atoms with Gasteiger partial charge in [-0.05, 0) is 18.9 Å². The second-order valence-corrected chi connectivity index (χ2v) is 2.91. The Hall–Kier alpha value is -1.15. The highest BCUT2D eigenvalue weighted by molar-refractivity contribution is 5.81. The molecule has 0 heterocycles. The number of rotatable bonds is 3. The molecule has 2 N–H and O–H groups in total. The summed E-state index contributed by atoms with van der Waals surface area (Å²) in [6, 6.07) is 9.44. The van der Waals surface area contributed by atoms with Crippen molar-refractivity contribution < 1.29 is 4.79 Å². The van der Waals surface area contributed by atoms with Crippen LogP contribution in [-0.4, -0.2) is 11.8 Å². The van der Waals surface area contributed by atoms with E-state index in [0.29, 0.717) is 6.42 Å². The first-order valence-electron chi connectivity index (χ1n) is 5.00. The number of carbonyl (C=O) groups is 1. The van der Waals surface area contributed by atoms with Gasteiger partial charge in [0.25, 0.3) is 0 Å². The predicted molar refractivity (Wildman–Crippen MR) is 60.2 cm³/mol. The summed E-state index contributed by atoms with van der Waals surface area (Å²) in [5, 5.41) is 0. The molecule has 2 nitrogen and oxygen atoms in total. The van der Waals surface area contributed by atoms with Gasteiger partial charge in [0, 0.05) is 0 Å². The van der Waals surface area contributed by atoms with Gasteiger partial charge in [-0.15, -0.1) is 0 Å².